The van der Waals surface area contributed by atoms with Crippen molar-refractivity contribution in [1.82, 2.24) is 24.8 Å². The number of rotatable bonds is 6. The number of piperidine rings is 1. The van der Waals surface area contributed by atoms with Crippen molar-refractivity contribution < 1.29 is 19.0 Å². The number of ether oxygens (including phenoxy) is 1. The number of benzene rings is 1. The Morgan fingerprint density at radius 3 is 2.62 bits per heavy atom. The third-order valence-electron chi connectivity index (χ3n) is 8.27. The largest absolute Gasteiger partial charge is 0.487 e. The molecule has 1 aromatic carbocycles. The van der Waals surface area contributed by atoms with E-state index in [0.717, 1.165) is 43.5 Å². The number of likely N-dealkylation sites (N-methyl/N-ethyl adjacent to an activating group) is 1. The van der Waals surface area contributed by atoms with E-state index in [4.69, 9.17) is 4.74 Å². The monoisotopic (exact) mass is 551 g/mol. The minimum absolute atomic E-state index is 0.0239. The van der Waals surface area contributed by atoms with Gasteiger partial charge in [-0.05, 0) is 32.9 Å². The first-order valence-corrected chi connectivity index (χ1v) is 13.8. The van der Waals surface area contributed by atoms with Gasteiger partial charge in [-0.15, -0.1) is 0 Å². The van der Waals surface area contributed by atoms with E-state index < -0.39 is 17.2 Å². The van der Waals surface area contributed by atoms with E-state index in [0.29, 0.717) is 55.7 Å². The molecule has 5 heterocycles. The van der Waals surface area contributed by atoms with Crippen LogP contribution >= 0.6 is 0 Å². The molecule has 6 rings (SSSR count). The van der Waals surface area contributed by atoms with Crippen molar-refractivity contribution >= 4 is 28.5 Å². The van der Waals surface area contributed by atoms with Gasteiger partial charge >= 0.3 is 5.97 Å². The van der Waals surface area contributed by atoms with E-state index in [2.05, 4.69) is 25.1 Å². The molecule has 0 radical (unpaired) electrons. The highest BCUT2D eigenvalue weighted by Crippen LogP contribution is 2.42. The SMILES string of the molecule is CNC1CCCN(c2ncc(CN3CCN(c4c(F)cc5c(=O)c(C(=O)O)cn6c5c4OC[C@@H]6C)CC3)cn2)C1. The van der Waals surface area contributed by atoms with Gasteiger partial charge in [0.15, 0.2) is 11.6 Å². The molecule has 2 saturated heterocycles. The zero-order valence-electron chi connectivity index (χ0n) is 22.8. The summed E-state index contributed by atoms with van der Waals surface area (Å²) in [4.78, 5) is 40.2. The van der Waals surface area contributed by atoms with Crippen LogP contribution < -0.4 is 25.3 Å². The number of aromatic carboxylic acids is 1. The standard InChI is InChI=1S/C28H34FN7O4/c1-17-16-40-26-23-20(25(37)21(27(38)39)15-36(17)23)10-22(29)24(26)34-8-6-33(7-9-34)13-18-11-31-28(32-12-18)35-5-3-4-19(14-35)30-2/h10-12,15,17,19,30H,3-9,13-14,16H2,1-2H3,(H,38,39)/t17-,19?/m0/s1. The van der Waals surface area contributed by atoms with Crippen molar-refractivity contribution in [2.24, 2.45) is 0 Å². The Labute approximate surface area is 231 Å². The lowest BCUT2D eigenvalue weighted by Crippen LogP contribution is -2.46. The topological polar surface area (TPSA) is 116 Å². The zero-order chi connectivity index (χ0) is 28.0. The van der Waals surface area contributed by atoms with Crippen LogP contribution in [-0.2, 0) is 6.54 Å². The Morgan fingerprint density at radius 2 is 1.93 bits per heavy atom. The van der Waals surface area contributed by atoms with Crippen molar-refractivity contribution in [3.63, 3.8) is 0 Å². The fourth-order valence-electron chi connectivity index (χ4n) is 6.03. The summed E-state index contributed by atoms with van der Waals surface area (Å²) in [6.45, 7) is 7.26. The molecule has 0 spiro atoms. The van der Waals surface area contributed by atoms with E-state index in [1.165, 1.54) is 6.20 Å². The minimum atomic E-state index is -1.33. The van der Waals surface area contributed by atoms with E-state index in [-0.39, 0.29) is 23.6 Å². The van der Waals surface area contributed by atoms with Crippen LogP contribution in [0.5, 0.6) is 5.75 Å². The highest BCUT2D eigenvalue weighted by molar-refractivity contribution is 5.97. The minimum Gasteiger partial charge on any atom is -0.487 e. The Balaban J connectivity index is 1.18. The van der Waals surface area contributed by atoms with Gasteiger partial charge < -0.3 is 29.5 Å². The number of nitrogens with one attached hydrogen (secondary N) is 1. The molecule has 3 aliphatic heterocycles. The van der Waals surface area contributed by atoms with Gasteiger partial charge in [0.05, 0.1) is 16.9 Å². The first kappa shape index (κ1) is 26.5. The predicted molar refractivity (Wildman–Crippen MR) is 149 cm³/mol. The van der Waals surface area contributed by atoms with Crippen LogP contribution in [0, 0.1) is 5.82 Å². The first-order chi connectivity index (χ1) is 19.3. The second-order valence-electron chi connectivity index (χ2n) is 10.9. The van der Waals surface area contributed by atoms with Crippen molar-refractivity contribution in [3.8, 4) is 5.75 Å². The van der Waals surface area contributed by atoms with Crippen LogP contribution in [0.3, 0.4) is 0 Å². The fourth-order valence-corrected chi connectivity index (χ4v) is 6.03. The number of pyridine rings is 1. The molecule has 40 heavy (non-hydrogen) atoms. The molecule has 0 bridgehead atoms. The van der Waals surface area contributed by atoms with Crippen LogP contribution in [0.4, 0.5) is 16.0 Å². The quantitative estimate of drug-likeness (QED) is 0.472. The molecule has 0 aliphatic carbocycles. The van der Waals surface area contributed by atoms with Crippen molar-refractivity contribution in [3.05, 3.63) is 51.8 Å². The molecule has 3 aliphatic rings. The Bertz CT molecular complexity index is 1490. The van der Waals surface area contributed by atoms with Gasteiger partial charge in [-0.1, -0.05) is 0 Å². The Hall–Kier alpha value is -3.77. The maximum atomic E-state index is 15.5. The maximum absolute atomic E-state index is 15.5. The van der Waals surface area contributed by atoms with Crippen LogP contribution in [0.15, 0.2) is 29.5 Å². The summed E-state index contributed by atoms with van der Waals surface area (Å²) in [5.74, 6) is -0.847. The summed E-state index contributed by atoms with van der Waals surface area (Å²) in [6.07, 6.45) is 7.42. The van der Waals surface area contributed by atoms with Crippen LogP contribution in [0.1, 0.15) is 41.7 Å². The highest BCUT2D eigenvalue weighted by atomic mass is 19.1. The predicted octanol–water partition coefficient (Wildman–Crippen LogP) is 2.09. The van der Waals surface area contributed by atoms with Crippen molar-refractivity contribution in [2.45, 2.75) is 38.4 Å². The zero-order valence-corrected chi connectivity index (χ0v) is 22.8. The first-order valence-electron chi connectivity index (χ1n) is 13.8. The molecule has 3 aromatic rings. The Kier molecular flexibility index (Phi) is 7.05. The molecule has 1 unspecified atom stereocenters. The summed E-state index contributed by atoms with van der Waals surface area (Å²) in [7, 11) is 1.99. The van der Waals surface area contributed by atoms with Gasteiger partial charge in [-0.25, -0.2) is 19.2 Å². The molecular formula is C28H34FN7O4. The molecule has 2 fully saturated rings. The second-order valence-corrected chi connectivity index (χ2v) is 10.9. The lowest BCUT2D eigenvalue weighted by atomic mass is 10.1. The van der Waals surface area contributed by atoms with E-state index >= 15 is 4.39 Å². The normalized spacial score (nSPS) is 21.5. The molecule has 2 aromatic heterocycles. The molecule has 2 atom stereocenters. The molecule has 12 heteroatoms. The third kappa shape index (κ3) is 4.75. The third-order valence-corrected chi connectivity index (χ3v) is 8.27. The number of anilines is 2. The van der Waals surface area contributed by atoms with Gasteiger partial charge in [-0.2, -0.15) is 0 Å². The lowest BCUT2D eigenvalue weighted by molar-refractivity contribution is 0.0694. The number of carboxylic acid groups (broad SMARTS) is 1. The number of carbonyl (C=O) groups is 1. The van der Waals surface area contributed by atoms with Crippen LogP contribution in [-0.4, -0.2) is 89.5 Å². The fraction of sp³-hybridized carbons (Fsp3) is 0.500. The molecular weight excluding hydrogens is 517 g/mol. The van der Waals surface area contributed by atoms with Gasteiger partial charge in [0.2, 0.25) is 11.4 Å². The van der Waals surface area contributed by atoms with Gasteiger partial charge in [0.25, 0.3) is 0 Å². The molecule has 0 amide bonds. The average molecular weight is 552 g/mol. The van der Waals surface area contributed by atoms with Gasteiger partial charge in [0.1, 0.15) is 17.9 Å². The van der Waals surface area contributed by atoms with E-state index in [9.17, 15) is 14.7 Å². The molecule has 0 saturated carbocycles. The summed E-state index contributed by atoms with van der Waals surface area (Å²) < 4.78 is 23.3. The van der Waals surface area contributed by atoms with Gasteiger partial charge in [0, 0.05) is 76.0 Å². The van der Waals surface area contributed by atoms with Crippen molar-refractivity contribution in [1.29, 1.82) is 0 Å². The highest BCUT2D eigenvalue weighted by Gasteiger charge is 2.31. The van der Waals surface area contributed by atoms with Crippen LogP contribution in [0.2, 0.25) is 0 Å². The molecule has 212 valence electrons. The average Bonchev–Trinajstić information content (AvgIpc) is 2.96. The smallest absolute Gasteiger partial charge is 0.341 e. The van der Waals surface area contributed by atoms with Crippen molar-refractivity contribution in [2.75, 3.05) is 62.7 Å². The number of carboxylic acids is 1. The Morgan fingerprint density at radius 1 is 1.18 bits per heavy atom. The lowest BCUT2D eigenvalue weighted by Gasteiger charge is -2.38. The summed E-state index contributed by atoms with van der Waals surface area (Å²) in [5, 5.41) is 12.9. The number of aromatic nitrogens is 3. The number of hydrogen-bond donors (Lipinski definition) is 2. The summed E-state index contributed by atoms with van der Waals surface area (Å²) >= 11 is 0. The maximum Gasteiger partial charge on any atom is 0.341 e. The number of halogens is 1. The second kappa shape index (κ2) is 10.7. The number of nitrogens with zero attached hydrogens (tertiary/aromatic N) is 6. The number of piperazine rings is 1. The molecule has 2 N–H and O–H groups in total. The van der Waals surface area contributed by atoms with Gasteiger partial charge in [-0.3, -0.25) is 9.69 Å². The summed E-state index contributed by atoms with van der Waals surface area (Å²) in [6, 6.07) is 1.42. The number of hydrogen-bond acceptors (Lipinski definition) is 9. The van der Waals surface area contributed by atoms with E-state index in [1.807, 2.05) is 31.3 Å². The van der Waals surface area contributed by atoms with E-state index in [1.54, 1.807) is 4.57 Å². The molecule has 11 nitrogen and oxygen atoms in total. The summed E-state index contributed by atoms with van der Waals surface area (Å²) in [5.41, 5.74) is 0.720. The van der Waals surface area contributed by atoms with Crippen LogP contribution in [0.25, 0.3) is 10.9 Å².